The first kappa shape index (κ1) is 15.5. The van der Waals surface area contributed by atoms with Crippen LogP contribution < -0.4 is 0 Å². The Hall–Kier alpha value is 0.500. The minimum atomic E-state index is -2.40. The van der Waals surface area contributed by atoms with Crippen molar-refractivity contribution in [3.63, 3.8) is 0 Å². The molecule has 0 heterocycles. The Labute approximate surface area is 98.1 Å². The molecule has 1 unspecified atom stereocenters. The number of hydrogen-bond donors (Lipinski definition) is 0. The molecule has 0 bridgehead atoms. The molecule has 0 aliphatic heterocycles. The second-order valence-electron chi connectivity index (χ2n) is 4.21. The molecule has 0 radical (unpaired) electrons. The van der Waals surface area contributed by atoms with Crippen molar-refractivity contribution in [3.8, 4) is 0 Å². The van der Waals surface area contributed by atoms with Crippen LogP contribution in [0.15, 0.2) is 0 Å². The average Bonchev–Trinajstić information content (AvgIpc) is 2.11. The number of rotatable bonds is 7. The number of nitrogens with zero attached hydrogens (tertiary/aromatic N) is 1. The molecular formula is C10H24NO2PS. The van der Waals surface area contributed by atoms with Crippen LogP contribution in [-0.4, -0.2) is 43.1 Å². The van der Waals surface area contributed by atoms with Gasteiger partial charge in [-0.05, 0) is 34.0 Å². The highest BCUT2D eigenvalue weighted by atomic mass is 32.7. The van der Waals surface area contributed by atoms with Crippen molar-refractivity contribution in [3.05, 3.63) is 0 Å². The molecule has 0 amide bonds. The standard InChI is InChI=1S/C10H24NO2PS/c1-9(2)11(10(3)4)7-8-13-14(5,12)15-6/h9-10H,7-8H2,1-6H3. The molecular weight excluding hydrogens is 229 g/mol. The lowest BCUT2D eigenvalue weighted by atomic mass is 10.2. The fraction of sp³-hybridized carbons (Fsp3) is 1.00. The van der Waals surface area contributed by atoms with E-state index in [1.54, 1.807) is 6.66 Å². The quantitative estimate of drug-likeness (QED) is 0.651. The van der Waals surface area contributed by atoms with E-state index in [-0.39, 0.29) is 0 Å². The Bertz CT molecular complexity index is 213. The van der Waals surface area contributed by atoms with Gasteiger partial charge in [0, 0.05) is 25.3 Å². The molecule has 0 aliphatic carbocycles. The Morgan fingerprint density at radius 1 is 1.27 bits per heavy atom. The fourth-order valence-electron chi connectivity index (χ4n) is 1.48. The van der Waals surface area contributed by atoms with Gasteiger partial charge in [0.1, 0.15) is 0 Å². The lowest BCUT2D eigenvalue weighted by Crippen LogP contribution is -2.39. The maximum Gasteiger partial charge on any atom is 0.254 e. The zero-order valence-electron chi connectivity index (χ0n) is 10.7. The molecule has 0 saturated heterocycles. The van der Waals surface area contributed by atoms with E-state index in [9.17, 15) is 4.57 Å². The second kappa shape index (κ2) is 6.95. The van der Waals surface area contributed by atoms with Gasteiger partial charge >= 0.3 is 0 Å². The zero-order chi connectivity index (χ0) is 12.1. The molecule has 5 heteroatoms. The van der Waals surface area contributed by atoms with Crippen LogP contribution >= 0.6 is 18.0 Å². The summed E-state index contributed by atoms with van der Waals surface area (Å²) in [7, 11) is 0. The first-order valence-electron chi connectivity index (χ1n) is 5.33. The molecule has 0 N–H and O–H groups in total. The van der Waals surface area contributed by atoms with Crippen LogP contribution in [0, 0.1) is 0 Å². The van der Waals surface area contributed by atoms with Gasteiger partial charge < -0.3 is 4.52 Å². The summed E-state index contributed by atoms with van der Waals surface area (Å²) >= 11 is 1.31. The Morgan fingerprint density at radius 2 is 1.73 bits per heavy atom. The van der Waals surface area contributed by atoms with Crippen LogP contribution in [-0.2, 0) is 9.09 Å². The van der Waals surface area contributed by atoms with Crippen LogP contribution in [0.25, 0.3) is 0 Å². The van der Waals surface area contributed by atoms with E-state index >= 15 is 0 Å². The van der Waals surface area contributed by atoms with E-state index < -0.39 is 6.57 Å². The van der Waals surface area contributed by atoms with Gasteiger partial charge in [0.25, 0.3) is 6.57 Å². The van der Waals surface area contributed by atoms with Gasteiger partial charge in [-0.2, -0.15) is 0 Å². The van der Waals surface area contributed by atoms with Gasteiger partial charge in [0.2, 0.25) is 0 Å². The van der Waals surface area contributed by atoms with Crippen molar-refractivity contribution >= 4 is 18.0 Å². The summed E-state index contributed by atoms with van der Waals surface area (Å²) in [6.07, 6.45) is 1.82. The van der Waals surface area contributed by atoms with E-state index in [4.69, 9.17) is 4.52 Å². The Morgan fingerprint density at radius 3 is 2.07 bits per heavy atom. The van der Waals surface area contributed by atoms with Crippen molar-refractivity contribution in [2.45, 2.75) is 39.8 Å². The SMILES string of the molecule is CSP(C)(=O)OCCN(C(C)C)C(C)C. The lowest BCUT2D eigenvalue weighted by molar-refractivity contribution is 0.144. The normalized spacial score (nSPS) is 16.3. The third-order valence-electron chi connectivity index (χ3n) is 2.33. The average molecular weight is 253 g/mol. The summed E-state index contributed by atoms with van der Waals surface area (Å²) < 4.78 is 17.0. The third-order valence-corrected chi connectivity index (χ3v) is 5.95. The number of hydrogen-bond acceptors (Lipinski definition) is 4. The van der Waals surface area contributed by atoms with Crippen LogP contribution in [0.5, 0.6) is 0 Å². The molecule has 3 nitrogen and oxygen atoms in total. The van der Waals surface area contributed by atoms with E-state index in [2.05, 4.69) is 32.6 Å². The fourth-order valence-corrected chi connectivity index (χ4v) is 2.54. The van der Waals surface area contributed by atoms with E-state index in [1.165, 1.54) is 11.4 Å². The highest BCUT2D eigenvalue weighted by Crippen LogP contribution is 2.54. The van der Waals surface area contributed by atoms with Gasteiger partial charge in [0.05, 0.1) is 6.61 Å². The highest BCUT2D eigenvalue weighted by molar-refractivity contribution is 8.56. The minimum absolute atomic E-state index is 0.499. The van der Waals surface area contributed by atoms with E-state index in [0.29, 0.717) is 18.7 Å². The minimum Gasteiger partial charge on any atom is -0.320 e. The molecule has 1 atom stereocenters. The van der Waals surface area contributed by atoms with Gasteiger partial charge in [-0.15, -0.1) is 0 Å². The predicted octanol–water partition coefficient (Wildman–Crippen LogP) is 3.31. The Kier molecular flexibility index (Phi) is 7.18. The van der Waals surface area contributed by atoms with Crippen molar-refractivity contribution in [2.75, 3.05) is 26.1 Å². The van der Waals surface area contributed by atoms with Crippen molar-refractivity contribution in [1.29, 1.82) is 0 Å². The third kappa shape index (κ3) is 6.62. The maximum absolute atomic E-state index is 11.6. The lowest BCUT2D eigenvalue weighted by Gasteiger charge is -2.30. The summed E-state index contributed by atoms with van der Waals surface area (Å²) in [6, 6.07) is 0.998. The van der Waals surface area contributed by atoms with Gasteiger partial charge in [-0.3, -0.25) is 9.46 Å². The summed E-state index contributed by atoms with van der Waals surface area (Å²) in [4.78, 5) is 2.33. The summed E-state index contributed by atoms with van der Waals surface area (Å²) in [5.41, 5.74) is 0. The molecule has 92 valence electrons. The van der Waals surface area contributed by atoms with Crippen molar-refractivity contribution in [2.24, 2.45) is 0 Å². The van der Waals surface area contributed by atoms with Crippen LogP contribution in [0.2, 0.25) is 0 Å². The molecule has 0 rings (SSSR count). The van der Waals surface area contributed by atoms with Crippen molar-refractivity contribution < 1.29 is 9.09 Å². The van der Waals surface area contributed by atoms with Crippen LogP contribution in [0.1, 0.15) is 27.7 Å². The monoisotopic (exact) mass is 253 g/mol. The molecule has 0 saturated carbocycles. The van der Waals surface area contributed by atoms with E-state index in [1.807, 2.05) is 6.26 Å². The molecule has 0 fully saturated rings. The molecule has 0 aromatic carbocycles. The molecule has 0 aromatic rings. The summed E-state index contributed by atoms with van der Waals surface area (Å²) in [5.74, 6) is 0. The van der Waals surface area contributed by atoms with Gasteiger partial charge in [-0.1, -0.05) is 11.4 Å². The van der Waals surface area contributed by atoms with E-state index in [0.717, 1.165) is 6.54 Å². The Balaban J connectivity index is 3.97. The van der Waals surface area contributed by atoms with Crippen molar-refractivity contribution in [1.82, 2.24) is 4.90 Å². The van der Waals surface area contributed by atoms with Gasteiger partial charge in [0.15, 0.2) is 0 Å². The maximum atomic E-state index is 11.6. The molecule has 0 aromatic heterocycles. The zero-order valence-corrected chi connectivity index (χ0v) is 12.4. The molecule has 15 heavy (non-hydrogen) atoms. The predicted molar refractivity (Wildman–Crippen MR) is 70.0 cm³/mol. The second-order valence-corrected chi connectivity index (χ2v) is 9.46. The van der Waals surface area contributed by atoms with Gasteiger partial charge in [-0.25, -0.2) is 0 Å². The molecule has 0 spiro atoms. The van der Waals surface area contributed by atoms with Crippen LogP contribution in [0.3, 0.4) is 0 Å². The first-order valence-corrected chi connectivity index (χ1v) is 9.24. The largest absolute Gasteiger partial charge is 0.320 e. The summed E-state index contributed by atoms with van der Waals surface area (Å²) in [5, 5.41) is 0. The topological polar surface area (TPSA) is 29.5 Å². The smallest absolute Gasteiger partial charge is 0.254 e. The first-order chi connectivity index (χ1) is 6.80. The summed E-state index contributed by atoms with van der Waals surface area (Å²) in [6.45, 7) is 9.33. The highest BCUT2D eigenvalue weighted by Gasteiger charge is 2.17. The molecule has 0 aliphatic rings. The van der Waals surface area contributed by atoms with Crippen LogP contribution in [0.4, 0.5) is 0 Å².